The largest absolute Gasteiger partial charge is 0.334 e. The van der Waals surface area contributed by atoms with E-state index in [-0.39, 0.29) is 0 Å². The van der Waals surface area contributed by atoms with Crippen molar-refractivity contribution in [1.82, 2.24) is 30.1 Å². The smallest absolute Gasteiger partial charge is 0.258 e. The van der Waals surface area contributed by atoms with Crippen molar-refractivity contribution < 1.29 is 4.52 Å². The molecule has 0 unspecified atom stereocenters. The second kappa shape index (κ2) is 5.62. The third-order valence-electron chi connectivity index (χ3n) is 3.15. The third kappa shape index (κ3) is 2.69. The van der Waals surface area contributed by atoms with Crippen LogP contribution >= 0.6 is 11.6 Å². The quantitative estimate of drug-likeness (QED) is 0.576. The summed E-state index contributed by atoms with van der Waals surface area (Å²) >= 11 is 5.98. The molecule has 8 heteroatoms. The van der Waals surface area contributed by atoms with Gasteiger partial charge in [-0.15, -0.1) is 5.10 Å². The number of aromatic nitrogens is 6. The fourth-order valence-electron chi connectivity index (χ4n) is 2.05. The Balaban J connectivity index is 1.66. The Bertz CT molecular complexity index is 949. The monoisotopic (exact) mass is 324 g/mol. The SMILES string of the molecule is Clc1cccc(-n2cc(-c3noc(-c4ccncc4)n3)nn2)c1. The molecule has 0 radical (unpaired) electrons. The number of pyridine rings is 1. The number of hydrogen-bond donors (Lipinski definition) is 0. The van der Waals surface area contributed by atoms with Crippen LogP contribution in [0.1, 0.15) is 0 Å². The topological polar surface area (TPSA) is 82.5 Å². The number of hydrogen-bond acceptors (Lipinski definition) is 6. The highest BCUT2D eigenvalue weighted by Crippen LogP contribution is 2.21. The summed E-state index contributed by atoms with van der Waals surface area (Å²) < 4.78 is 6.85. The Hall–Kier alpha value is -3.06. The lowest BCUT2D eigenvalue weighted by atomic mass is 10.3. The highest BCUT2D eigenvalue weighted by Gasteiger charge is 2.14. The maximum atomic E-state index is 5.98. The molecule has 0 saturated carbocycles. The molecule has 0 aliphatic heterocycles. The van der Waals surface area contributed by atoms with E-state index in [1.165, 1.54) is 0 Å². The molecule has 3 aromatic heterocycles. The Labute approximate surface area is 135 Å². The maximum Gasteiger partial charge on any atom is 0.258 e. The molecule has 23 heavy (non-hydrogen) atoms. The minimum atomic E-state index is 0.366. The molecule has 3 heterocycles. The van der Waals surface area contributed by atoms with Crippen LogP contribution in [0.4, 0.5) is 0 Å². The minimum Gasteiger partial charge on any atom is -0.334 e. The summed E-state index contributed by atoms with van der Waals surface area (Å²) in [6.45, 7) is 0. The van der Waals surface area contributed by atoms with Crippen LogP contribution in [0, 0.1) is 0 Å². The first-order chi connectivity index (χ1) is 11.3. The maximum absolute atomic E-state index is 5.98. The molecule has 1 aromatic carbocycles. The van der Waals surface area contributed by atoms with E-state index in [1.54, 1.807) is 47.5 Å². The molecule has 0 aliphatic carbocycles. The van der Waals surface area contributed by atoms with Gasteiger partial charge in [-0.2, -0.15) is 4.98 Å². The lowest BCUT2D eigenvalue weighted by Crippen LogP contribution is -1.93. The summed E-state index contributed by atoms with van der Waals surface area (Å²) in [5.74, 6) is 0.768. The molecule has 0 aliphatic rings. The zero-order valence-electron chi connectivity index (χ0n) is 11.7. The average Bonchev–Trinajstić information content (AvgIpc) is 3.25. The van der Waals surface area contributed by atoms with Crippen LogP contribution in [0.2, 0.25) is 5.02 Å². The fourth-order valence-corrected chi connectivity index (χ4v) is 2.23. The van der Waals surface area contributed by atoms with Gasteiger partial charge in [-0.3, -0.25) is 4.98 Å². The molecular formula is C15H9ClN6O. The molecule has 0 atom stereocenters. The van der Waals surface area contributed by atoms with Crippen molar-refractivity contribution in [3.05, 3.63) is 60.0 Å². The molecule has 4 rings (SSSR count). The molecule has 0 amide bonds. The second-order valence-corrected chi connectivity index (χ2v) is 5.12. The highest BCUT2D eigenvalue weighted by atomic mass is 35.5. The van der Waals surface area contributed by atoms with E-state index < -0.39 is 0 Å². The van der Waals surface area contributed by atoms with Crippen LogP contribution in [0.15, 0.2) is 59.5 Å². The normalized spacial score (nSPS) is 10.8. The van der Waals surface area contributed by atoms with Crippen molar-refractivity contribution in [2.75, 3.05) is 0 Å². The molecule has 0 spiro atoms. The van der Waals surface area contributed by atoms with Crippen molar-refractivity contribution in [2.24, 2.45) is 0 Å². The summed E-state index contributed by atoms with van der Waals surface area (Å²) in [7, 11) is 0. The van der Waals surface area contributed by atoms with E-state index in [4.69, 9.17) is 16.1 Å². The van der Waals surface area contributed by atoms with Gasteiger partial charge in [0.05, 0.1) is 11.9 Å². The van der Waals surface area contributed by atoms with Crippen molar-refractivity contribution in [1.29, 1.82) is 0 Å². The molecule has 0 saturated heterocycles. The average molecular weight is 325 g/mol. The molecule has 0 fully saturated rings. The third-order valence-corrected chi connectivity index (χ3v) is 3.38. The van der Waals surface area contributed by atoms with Crippen molar-refractivity contribution in [2.45, 2.75) is 0 Å². The first-order valence-corrected chi connectivity index (χ1v) is 7.10. The Morgan fingerprint density at radius 3 is 2.78 bits per heavy atom. The summed E-state index contributed by atoms with van der Waals surface area (Å²) in [6.07, 6.45) is 5.04. The first-order valence-electron chi connectivity index (χ1n) is 6.72. The zero-order valence-corrected chi connectivity index (χ0v) is 12.4. The Kier molecular flexibility index (Phi) is 3.32. The van der Waals surface area contributed by atoms with E-state index in [1.807, 2.05) is 12.1 Å². The van der Waals surface area contributed by atoms with E-state index in [9.17, 15) is 0 Å². The zero-order chi connectivity index (χ0) is 15.6. The molecule has 7 nitrogen and oxygen atoms in total. The van der Waals surface area contributed by atoms with E-state index in [0.717, 1.165) is 11.3 Å². The lowest BCUT2D eigenvalue weighted by molar-refractivity contribution is 0.432. The van der Waals surface area contributed by atoms with E-state index in [2.05, 4.69) is 25.4 Å². The van der Waals surface area contributed by atoms with Gasteiger partial charge in [0.25, 0.3) is 5.89 Å². The van der Waals surface area contributed by atoms with Crippen LogP contribution in [-0.2, 0) is 0 Å². The van der Waals surface area contributed by atoms with Gasteiger partial charge in [-0.1, -0.05) is 28.0 Å². The van der Waals surface area contributed by atoms with Crippen LogP contribution in [-0.4, -0.2) is 30.1 Å². The second-order valence-electron chi connectivity index (χ2n) is 4.69. The lowest BCUT2D eigenvalue weighted by Gasteiger charge is -1.98. The Morgan fingerprint density at radius 1 is 1.09 bits per heavy atom. The van der Waals surface area contributed by atoms with Gasteiger partial charge in [0.15, 0.2) is 5.69 Å². The minimum absolute atomic E-state index is 0.366. The summed E-state index contributed by atoms with van der Waals surface area (Å²) in [5, 5.41) is 12.7. The van der Waals surface area contributed by atoms with E-state index in [0.29, 0.717) is 22.4 Å². The molecule has 0 bridgehead atoms. The van der Waals surface area contributed by atoms with Crippen LogP contribution in [0.25, 0.3) is 28.7 Å². The number of halogens is 1. The van der Waals surface area contributed by atoms with Crippen molar-refractivity contribution in [3.63, 3.8) is 0 Å². The van der Waals surface area contributed by atoms with Gasteiger partial charge < -0.3 is 4.52 Å². The van der Waals surface area contributed by atoms with Crippen molar-refractivity contribution in [3.8, 4) is 28.7 Å². The van der Waals surface area contributed by atoms with Crippen LogP contribution in [0.5, 0.6) is 0 Å². The molecule has 4 aromatic rings. The number of benzene rings is 1. The van der Waals surface area contributed by atoms with Gasteiger partial charge in [-0.05, 0) is 30.3 Å². The van der Waals surface area contributed by atoms with Crippen molar-refractivity contribution >= 4 is 11.6 Å². The summed E-state index contributed by atoms with van der Waals surface area (Å²) in [5.41, 5.74) is 2.10. The predicted molar refractivity (Wildman–Crippen MR) is 82.9 cm³/mol. The van der Waals surface area contributed by atoms with Gasteiger partial charge >= 0.3 is 0 Å². The van der Waals surface area contributed by atoms with Gasteiger partial charge in [-0.25, -0.2) is 4.68 Å². The first kappa shape index (κ1) is 13.6. The standard InChI is InChI=1S/C15H9ClN6O/c16-11-2-1-3-12(8-11)22-9-13(19-21-22)14-18-15(23-20-14)10-4-6-17-7-5-10/h1-9H. The molecular weight excluding hydrogens is 316 g/mol. The number of nitrogens with zero attached hydrogens (tertiary/aromatic N) is 6. The molecule has 112 valence electrons. The Morgan fingerprint density at radius 2 is 1.96 bits per heavy atom. The number of rotatable bonds is 3. The fraction of sp³-hybridized carbons (Fsp3) is 0. The van der Waals surface area contributed by atoms with Gasteiger partial charge in [0, 0.05) is 23.0 Å². The summed E-state index contributed by atoms with van der Waals surface area (Å²) in [6, 6.07) is 10.9. The van der Waals surface area contributed by atoms with Gasteiger partial charge in [0.2, 0.25) is 5.82 Å². The summed E-state index contributed by atoms with van der Waals surface area (Å²) in [4.78, 5) is 8.28. The van der Waals surface area contributed by atoms with Crippen LogP contribution < -0.4 is 0 Å². The highest BCUT2D eigenvalue weighted by molar-refractivity contribution is 6.30. The predicted octanol–water partition coefficient (Wildman–Crippen LogP) is 3.03. The molecule has 0 N–H and O–H groups in total. The van der Waals surface area contributed by atoms with Crippen LogP contribution in [0.3, 0.4) is 0 Å². The van der Waals surface area contributed by atoms with E-state index >= 15 is 0 Å². The van der Waals surface area contributed by atoms with Gasteiger partial charge in [0.1, 0.15) is 0 Å².